The first-order chi connectivity index (χ1) is 9.08. The Hall–Kier alpha value is -0.810. The van der Waals surface area contributed by atoms with Crippen molar-refractivity contribution in [1.82, 2.24) is 15.2 Å². The number of piperidine rings is 1. The van der Waals surface area contributed by atoms with E-state index >= 15 is 0 Å². The van der Waals surface area contributed by atoms with Gasteiger partial charge in [0, 0.05) is 23.3 Å². The molecule has 0 aliphatic carbocycles. The predicted molar refractivity (Wildman–Crippen MR) is 80.4 cm³/mol. The number of carbonyl (C=O) groups is 1. The molecule has 5 heteroatoms. The molecular weight excluding hydrogens is 306 g/mol. The molecule has 1 unspecified atom stereocenters. The molecule has 106 valence electrons. The summed E-state index contributed by atoms with van der Waals surface area (Å²) in [5.74, 6) is 0.577. The van der Waals surface area contributed by atoms with E-state index < -0.39 is 0 Å². The Kier molecular flexibility index (Phi) is 5.05. The first kappa shape index (κ1) is 14.6. The molecule has 0 saturated carbocycles. The van der Waals surface area contributed by atoms with Crippen LogP contribution in [0.2, 0.25) is 0 Å². The number of amides is 1. The molecule has 19 heavy (non-hydrogen) atoms. The normalized spacial score (nSPS) is 19.7. The first-order valence-corrected chi connectivity index (χ1v) is 7.73. The van der Waals surface area contributed by atoms with Crippen molar-refractivity contribution in [2.45, 2.75) is 32.7 Å². The Morgan fingerprint density at radius 1 is 1.63 bits per heavy atom. The van der Waals surface area contributed by atoms with Crippen LogP contribution in [0.25, 0.3) is 0 Å². The van der Waals surface area contributed by atoms with Gasteiger partial charge in [0.2, 0.25) is 0 Å². The molecule has 4 nitrogen and oxygen atoms in total. The van der Waals surface area contributed by atoms with Crippen LogP contribution in [-0.2, 0) is 0 Å². The maximum Gasteiger partial charge on any atom is 0.267 e. The van der Waals surface area contributed by atoms with Crippen LogP contribution < -0.4 is 10.6 Å². The van der Waals surface area contributed by atoms with Crippen molar-refractivity contribution in [2.24, 2.45) is 5.92 Å². The average Bonchev–Trinajstić information content (AvgIpc) is 2.79. The van der Waals surface area contributed by atoms with Crippen LogP contribution >= 0.6 is 15.9 Å². The quantitative estimate of drug-likeness (QED) is 0.892. The van der Waals surface area contributed by atoms with Crippen LogP contribution in [-0.4, -0.2) is 30.1 Å². The van der Waals surface area contributed by atoms with Crippen molar-refractivity contribution in [3.8, 4) is 0 Å². The molecule has 1 aromatic rings. The van der Waals surface area contributed by atoms with Crippen LogP contribution in [0.3, 0.4) is 0 Å². The maximum atomic E-state index is 12.3. The molecule has 2 N–H and O–H groups in total. The van der Waals surface area contributed by atoms with Gasteiger partial charge >= 0.3 is 0 Å². The highest BCUT2D eigenvalue weighted by Crippen LogP contribution is 2.19. The number of nitrogens with zero attached hydrogens (tertiary/aromatic N) is 1. The fourth-order valence-corrected chi connectivity index (χ4v) is 2.92. The molecule has 1 atom stereocenters. The predicted octanol–water partition coefficient (Wildman–Crippen LogP) is 2.56. The number of halogens is 1. The van der Waals surface area contributed by atoms with Gasteiger partial charge in [-0.2, -0.15) is 0 Å². The lowest BCUT2D eigenvalue weighted by molar-refractivity contribution is 0.0934. The largest absolute Gasteiger partial charge is 0.350 e. The van der Waals surface area contributed by atoms with Gasteiger partial charge in [0.25, 0.3) is 5.91 Å². The minimum atomic E-state index is 0.0185. The zero-order chi connectivity index (χ0) is 13.8. The van der Waals surface area contributed by atoms with E-state index in [1.54, 1.807) is 0 Å². The number of hydrogen-bond donors (Lipinski definition) is 2. The molecule has 1 aliphatic heterocycles. The minimum Gasteiger partial charge on any atom is -0.350 e. The number of hydrogen-bond acceptors (Lipinski definition) is 2. The summed E-state index contributed by atoms with van der Waals surface area (Å²) in [6.45, 7) is 7.03. The van der Waals surface area contributed by atoms with Crippen LogP contribution in [0.4, 0.5) is 0 Å². The lowest BCUT2D eigenvalue weighted by atomic mass is 10.00. The number of nitrogens with one attached hydrogen (secondary N) is 2. The van der Waals surface area contributed by atoms with Crippen LogP contribution in [0, 0.1) is 5.92 Å². The highest BCUT2D eigenvalue weighted by Gasteiger charge is 2.17. The molecule has 1 fully saturated rings. The minimum absolute atomic E-state index is 0.0185. The summed E-state index contributed by atoms with van der Waals surface area (Å²) in [6.07, 6.45) is 4.36. The highest BCUT2D eigenvalue weighted by atomic mass is 79.9. The third kappa shape index (κ3) is 3.83. The molecule has 0 radical (unpaired) electrons. The molecule has 2 rings (SSSR count). The molecule has 1 aliphatic rings. The topological polar surface area (TPSA) is 46.1 Å². The maximum absolute atomic E-state index is 12.3. The van der Waals surface area contributed by atoms with E-state index in [1.165, 1.54) is 12.8 Å². The van der Waals surface area contributed by atoms with Crippen molar-refractivity contribution < 1.29 is 4.79 Å². The summed E-state index contributed by atoms with van der Waals surface area (Å²) >= 11 is 3.44. The van der Waals surface area contributed by atoms with Gasteiger partial charge in [-0.3, -0.25) is 4.79 Å². The zero-order valence-corrected chi connectivity index (χ0v) is 13.2. The molecule has 0 aromatic carbocycles. The third-order valence-electron chi connectivity index (χ3n) is 3.55. The molecule has 2 heterocycles. The van der Waals surface area contributed by atoms with Gasteiger partial charge in [-0.05, 0) is 67.7 Å². The first-order valence-electron chi connectivity index (χ1n) is 6.94. The molecule has 1 amide bonds. The second kappa shape index (κ2) is 6.57. The number of carbonyl (C=O) groups excluding carboxylic acids is 1. The van der Waals surface area contributed by atoms with Gasteiger partial charge in [-0.25, -0.2) is 0 Å². The Morgan fingerprint density at radius 3 is 3.05 bits per heavy atom. The van der Waals surface area contributed by atoms with Crippen molar-refractivity contribution in [2.75, 3.05) is 19.6 Å². The van der Waals surface area contributed by atoms with Gasteiger partial charge in [0.1, 0.15) is 5.69 Å². The Balaban J connectivity index is 1.95. The van der Waals surface area contributed by atoms with E-state index in [9.17, 15) is 4.79 Å². The smallest absolute Gasteiger partial charge is 0.267 e. The Morgan fingerprint density at radius 2 is 2.42 bits per heavy atom. The summed E-state index contributed by atoms with van der Waals surface area (Å²) in [7, 11) is 0. The van der Waals surface area contributed by atoms with E-state index in [1.807, 2.05) is 16.8 Å². The fraction of sp³-hybridized carbons (Fsp3) is 0.643. The van der Waals surface area contributed by atoms with Gasteiger partial charge in [-0.1, -0.05) is 0 Å². The van der Waals surface area contributed by atoms with E-state index in [-0.39, 0.29) is 11.9 Å². The Bertz CT molecular complexity index is 436. The van der Waals surface area contributed by atoms with Crippen LogP contribution in [0.1, 0.15) is 43.2 Å². The van der Waals surface area contributed by atoms with Crippen molar-refractivity contribution in [3.05, 3.63) is 22.4 Å². The van der Waals surface area contributed by atoms with Gasteiger partial charge in [0.05, 0.1) is 0 Å². The summed E-state index contributed by atoms with van der Waals surface area (Å²) in [5.41, 5.74) is 0.727. The third-order valence-corrected chi connectivity index (χ3v) is 3.99. The fourth-order valence-electron chi connectivity index (χ4n) is 2.48. The van der Waals surface area contributed by atoms with E-state index in [2.05, 4.69) is 40.4 Å². The number of aromatic nitrogens is 1. The molecule has 0 spiro atoms. The second-order valence-corrected chi connectivity index (χ2v) is 6.38. The molecular formula is C14H22BrN3O. The van der Waals surface area contributed by atoms with Crippen LogP contribution in [0.5, 0.6) is 0 Å². The highest BCUT2D eigenvalue weighted by molar-refractivity contribution is 9.10. The second-order valence-electron chi connectivity index (χ2n) is 5.47. The zero-order valence-electron chi connectivity index (χ0n) is 11.6. The summed E-state index contributed by atoms with van der Waals surface area (Å²) < 4.78 is 2.95. The van der Waals surface area contributed by atoms with Crippen molar-refractivity contribution in [3.63, 3.8) is 0 Å². The Labute approximate surface area is 123 Å². The lowest BCUT2D eigenvalue weighted by Gasteiger charge is -2.23. The molecule has 0 bridgehead atoms. The number of rotatable bonds is 4. The monoisotopic (exact) mass is 327 g/mol. The lowest BCUT2D eigenvalue weighted by Crippen LogP contribution is -2.38. The standard InChI is InChI=1S/C14H22BrN3O/c1-10(2)18-9-12(15)6-13(18)14(19)17-8-11-4-3-5-16-7-11/h6,9-11,16H,3-5,7-8H2,1-2H3,(H,17,19). The molecule has 1 aromatic heterocycles. The van der Waals surface area contributed by atoms with Gasteiger partial charge < -0.3 is 15.2 Å². The molecule has 1 saturated heterocycles. The van der Waals surface area contributed by atoms with Crippen LogP contribution in [0.15, 0.2) is 16.7 Å². The average molecular weight is 328 g/mol. The van der Waals surface area contributed by atoms with Crippen molar-refractivity contribution >= 4 is 21.8 Å². The van der Waals surface area contributed by atoms with Crippen molar-refractivity contribution in [1.29, 1.82) is 0 Å². The van der Waals surface area contributed by atoms with E-state index in [0.29, 0.717) is 5.92 Å². The summed E-state index contributed by atoms with van der Waals surface area (Å²) in [5, 5.41) is 6.42. The van der Waals surface area contributed by atoms with E-state index in [0.717, 1.165) is 29.8 Å². The summed E-state index contributed by atoms with van der Waals surface area (Å²) in [4.78, 5) is 12.3. The van der Waals surface area contributed by atoms with E-state index in [4.69, 9.17) is 0 Å². The van der Waals surface area contributed by atoms with Gasteiger partial charge in [0.15, 0.2) is 0 Å². The van der Waals surface area contributed by atoms with Gasteiger partial charge in [-0.15, -0.1) is 0 Å². The summed E-state index contributed by atoms with van der Waals surface area (Å²) in [6, 6.07) is 2.16. The SMILES string of the molecule is CC(C)n1cc(Br)cc1C(=O)NCC1CCCNC1.